The van der Waals surface area contributed by atoms with Crippen molar-refractivity contribution in [3.63, 3.8) is 0 Å². The number of aliphatic imine (C=N–C) groups is 2. The van der Waals surface area contributed by atoms with Gasteiger partial charge in [-0.15, -0.1) is 22.7 Å². The van der Waals surface area contributed by atoms with Gasteiger partial charge in [0, 0.05) is 53.4 Å². The van der Waals surface area contributed by atoms with Gasteiger partial charge in [0.1, 0.15) is 11.7 Å². The predicted octanol–water partition coefficient (Wildman–Crippen LogP) is 9.80. The highest BCUT2D eigenvalue weighted by molar-refractivity contribution is 7.12. The van der Waals surface area contributed by atoms with Crippen molar-refractivity contribution < 1.29 is 0 Å². The second-order valence-corrected chi connectivity index (χ2v) is 15.5. The molecule has 0 spiro atoms. The molecule has 8 nitrogen and oxygen atoms in total. The van der Waals surface area contributed by atoms with Gasteiger partial charge in [-0.05, 0) is 128 Å². The third-order valence-electron chi connectivity index (χ3n) is 10.7. The van der Waals surface area contributed by atoms with Crippen molar-refractivity contribution in [1.82, 2.24) is 15.0 Å². The molecule has 0 aliphatic heterocycles. The van der Waals surface area contributed by atoms with E-state index in [4.69, 9.17) is 21.5 Å². The lowest BCUT2D eigenvalue weighted by Gasteiger charge is -2.37. The van der Waals surface area contributed by atoms with Gasteiger partial charge in [-0.1, -0.05) is 32.1 Å². The third-order valence-corrected chi connectivity index (χ3v) is 12.5. The van der Waals surface area contributed by atoms with Crippen molar-refractivity contribution >= 4 is 73.1 Å². The quantitative estimate of drug-likeness (QED) is 0.0877. The Hall–Kier alpha value is -4.64. The molecule has 0 amide bonds. The van der Waals surface area contributed by atoms with E-state index in [0.29, 0.717) is 29.7 Å². The first kappa shape index (κ1) is 35.7. The highest BCUT2D eigenvalue weighted by Crippen LogP contribution is 2.40. The van der Waals surface area contributed by atoms with Crippen molar-refractivity contribution in [1.29, 1.82) is 0 Å². The molecule has 6 N–H and O–H groups in total. The van der Waals surface area contributed by atoms with E-state index >= 15 is 0 Å². The van der Waals surface area contributed by atoms with Crippen LogP contribution in [0.4, 0.5) is 11.4 Å². The van der Waals surface area contributed by atoms with Crippen molar-refractivity contribution in [2.45, 2.75) is 76.8 Å². The average molecular weight is 731 g/mol. The van der Waals surface area contributed by atoms with Gasteiger partial charge in [-0.25, -0.2) is 9.98 Å². The largest absolute Gasteiger partial charge is 0.383 e. The summed E-state index contributed by atoms with van der Waals surface area (Å²) in [5, 5.41) is 12.5. The number of thiophene rings is 2. The molecular formula is C42H50N8S2. The highest BCUT2D eigenvalue weighted by Gasteiger charge is 2.28. The number of rotatable bonds is 9. The summed E-state index contributed by atoms with van der Waals surface area (Å²) in [6, 6.07) is 21.9. The Balaban J connectivity index is 0.00000207. The van der Waals surface area contributed by atoms with Crippen molar-refractivity contribution in [2.24, 2.45) is 21.5 Å². The van der Waals surface area contributed by atoms with Crippen LogP contribution in [0.15, 0.2) is 99.9 Å². The lowest BCUT2D eigenvalue weighted by Crippen LogP contribution is -2.41. The van der Waals surface area contributed by atoms with Gasteiger partial charge in [-0.2, -0.15) is 0 Å². The van der Waals surface area contributed by atoms with Crippen LogP contribution in [0.1, 0.15) is 85.6 Å². The summed E-state index contributed by atoms with van der Waals surface area (Å²) in [6.45, 7) is 4.00. The Morgan fingerprint density at radius 3 is 2.12 bits per heavy atom. The number of nitrogens with one attached hydrogen (secondary N) is 2. The zero-order valence-electron chi connectivity index (χ0n) is 30.6. The molecule has 1 fully saturated rings. The number of nitrogens with two attached hydrogens (primary N) is 2. The van der Waals surface area contributed by atoms with Gasteiger partial charge < -0.3 is 26.8 Å². The maximum absolute atomic E-state index is 6.42. The summed E-state index contributed by atoms with van der Waals surface area (Å²) in [4.78, 5) is 15.1. The Labute approximate surface area is 314 Å². The number of allylic oxidation sites excluding steroid dienone is 1. The van der Waals surface area contributed by atoms with E-state index in [-0.39, 0.29) is 0 Å². The van der Waals surface area contributed by atoms with E-state index < -0.39 is 0 Å². The molecular weight excluding hydrogens is 681 g/mol. The summed E-state index contributed by atoms with van der Waals surface area (Å²) < 4.78 is 2.39. The predicted molar refractivity (Wildman–Crippen MR) is 225 cm³/mol. The molecule has 4 aromatic heterocycles. The normalized spacial score (nSPS) is 19.8. The monoisotopic (exact) mass is 730 g/mol. The lowest BCUT2D eigenvalue weighted by molar-refractivity contribution is 0.354. The van der Waals surface area contributed by atoms with Crippen LogP contribution in [0.5, 0.6) is 0 Å². The van der Waals surface area contributed by atoms with Crippen LogP contribution in [-0.2, 0) is 0 Å². The number of H-pyrrole nitrogens is 1. The van der Waals surface area contributed by atoms with E-state index in [1.165, 1.54) is 33.0 Å². The van der Waals surface area contributed by atoms with Gasteiger partial charge >= 0.3 is 0 Å². The number of hydrogen-bond donors (Lipinski definition) is 4. The minimum Gasteiger partial charge on any atom is -0.383 e. The third kappa shape index (κ3) is 7.33. The highest BCUT2D eigenvalue weighted by atomic mass is 32.1. The van der Waals surface area contributed by atoms with Crippen LogP contribution >= 0.6 is 22.7 Å². The number of nitrogens with zero attached hydrogens (tertiary/aromatic N) is 4. The first-order valence-corrected chi connectivity index (χ1v) is 20.3. The molecule has 2 aliphatic rings. The molecule has 8 rings (SSSR count). The summed E-state index contributed by atoms with van der Waals surface area (Å²) in [6.07, 6.45) is 14.8. The average Bonchev–Trinajstić information content (AvgIpc) is 4.03. The zero-order valence-corrected chi connectivity index (χ0v) is 32.2. The van der Waals surface area contributed by atoms with Crippen LogP contribution in [0.3, 0.4) is 0 Å². The fraction of sp³-hybridized carbons (Fsp3) is 0.333. The first-order valence-electron chi connectivity index (χ1n) is 18.6. The van der Waals surface area contributed by atoms with Crippen molar-refractivity contribution in [3.8, 4) is 0 Å². The van der Waals surface area contributed by atoms with Crippen LogP contribution in [0.25, 0.3) is 27.4 Å². The summed E-state index contributed by atoms with van der Waals surface area (Å²) in [7, 11) is 4.32. The number of fused-ring (bicyclic) bond motifs is 2. The molecule has 270 valence electrons. The molecule has 0 radical (unpaired) electrons. The zero-order chi connectivity index (χ0) is 36.2. The van der Waals surface area contributed by atoms with E-state index in [1.807, 2.05) is 54.9 Å². The van der Waals surface area contributed by atoms with Crippen LogP contribution in [0.2, 0.25) is 0 Å². The number of hydrogen-bond acceptors (Lipinski definition) is 6. The second kappa shape index (κ2) is 15.9. The van der Waals surface area contributed by atoms with E-state index in [9.17, 15) is 0 Å². The Kier molecular flexibility index (Phi) is 11.0. The van der Waals surface area contributed by atoms with Crippen LogP contribution in [0, 0.1) is 0 Å². The van der Waals surface area contributed by atoms with Crippen molar-refractivity contribution in [2.75, 3.05) is 19.1 Å². The van der Waals surface area contributed by atoms with Crippen LogP contribution < -0.4 is 21.8 Å². The van der Waals surface area contributed by atoms with Gasteiger partial charge in [0.25, 0.3) is 0 Å². The first-order chi connectivity index (χ1) is 25.4. The molecule has 1 unspecified atom stereocenters. The van der Waals surface area contributed by atoms with Gasteiger partial charge in [0.15, 0.2) is 0 Å². The molecule has 1 saturated carbocycles. The fourth-order valence-electron chi connectivity index (χ4n) is 7.84. The number of benzene rings is 2. The summed E-state index contributed by atoms with van der Waals surface area (Å²) >= 11 is 3.23. The maximum Gasteiger partial charge on any atom is 0.141 e. The van der Waals surface area contributed by atoms with Gasteiger partial charge in [0.2, 0.25) is 0 Å². The smallest absolute Gasteiger partial charge is 0.141 e. The molecule has 0 saturated heterocycles. The van der Waals surface area contributed by atoms with E-state index in [0.717, 1.165) is 71.6 Å². The van der Waals surface area contributed by atoms with E-state index in [1.54, 1.807) is 22.7 Å². The molecule has 4 heterocycles. The molecule has 0 bridgehead atoms. The minimum absolute atomic E-state index is 0.437. The Morgan fingerprint density at radius 1 is 0.865 bits per heavy atom. The number of aromatic nitrogens is 2. The van der Waals surface area contributed by atoms with E-state index in [2.05, 4.69) is 82.9 Å². The molecule has 1 atom stereocenters. The van der Waals surface area contributed by atoms with Gasteiger partial charge in [0.05, 0.1) is 26.6 Å². The molecule has 6 aromatic rings. The molecule has 2 aromatic carbocycles. The standard InChI is InChI=1S/C40H44N8S2.C2H6/c1-43-27-11-7-26(8-12-27)34-24-48(36-18-14-29(22-32(34)36)46-40(42)38-6-4-20-50-38)47(2)30-15-9-25(10-16-30)33-23-44-35-17-13-28(21-31(33)35)45-39(41)37-5-3-19-49-37;1-2/h3-7,13-14,17-25,27,30,43-44H,8-12,15-16H2,1-2H3,(H2,41,45)(H2,42,46);1-2H3. The summed E-state index contributed by atoms with van der Waals surface area (Å²) in [5.74, 6) is 1.62. The SMILES string of the molecule is CC.CNC1CC=C(c2cn(N(C)C3CCC(c4c[nH]c5ccc(N=C(N)c6cccs6)cc45)CC3)c3ccc(N=C(N)c4cccs4)cc23)CC1. The minimum atomic E-state index is 0.437. The van der Waals surface area contributed by atoms with Gasteiger partial charge in [-0.3, -0.25) is 4.68 Å². The Morgan fingerprint density at radius 2 is 1.52 bits per heavy atom. The maximum atomic E-state index is 6.42. The fourth-order valence-corrected chi connectivity index (χ4v) is 9.09. The molecule has 52 heavy (non-hydrogen) atoms. The number of aromatic amines is 1. The Bertz CT molecular complexity index is 2190. The van der Waals surface area contributed by atoms with Crippen LogP contribution in [-0.4, -0.2) is 47.5 Å². The molecule has 10 heteroatoms. The number of amidine groups is 2. The second-order valence-electron chi connectivity index (χ2n) is 13.6. The topological polar surface area (TPSA) is 113 Å². The summed E-state index contributed by atoms with van der Waals surface area (Å²) in [5.41, 5.74) is 21.0. The van der Waals surface area contributed by atoms with Crippen molar-refractivity contribution in [3.05, 3.63) is 111 Å². The molecule has 2 aliphatic carbocycles. The lowest BCUT2D eigenvalue weighted by atomic mass is 9.81.